The fraction of sp³-hybridized carbons (Fsp3) is 0.312. The molecular weight excluding hydrogens is 332 g/mol. The summed E-state index contributed by atoms with van der Waals surface area (Å²) in [5, 5.41) is 14.5. The molecule has 0 fully saturated rings. The van der Waals surface area contributed by atoms with Crippen molar-refractivity contribution in [3.8, 4) is 11.5 Å². The number of fused-ring (bicyclic) bond motifs is 2. The second kappa shape index (κ2) is 6.15. The fourth-order valence-electron chi connectivity index (χ4n) is 2.80. The van der Waals surface area contributed by atoms with Crippen LogP contribution in [0.4, 0.5) is 14.6 Å². The summed E-state index contributed by atoms with van der Waals surface area (Å²) in [6, 6.07) is 8.92. The van der Waals surface area contributed by atoms with E-state index in [0.29, 0.717) is 12.4 Å². The normalized spacial score (nSPS) is 16.6. The Bertz CT molecular complexity index is 915. The van der Waals surface area contributed by atoms with E-state index in [1.165, 1.54) is 0 Å². The monoisotopic (exact) mass is 347 g/mol. The smallest absolute Gasteiger partial charge is 0.299 e. The average Bonchev–Trinajstić information content (AvgIpc) is 3.04. The first-order chi connectivity index (χ1) is 12.1. The maximum Gasteiger partial charge on any atom is 0.299 e. The number of anilines is 1. The van der Waals surface area contributed by atoms with E-state index in [1.54, 1.807) is 19.2 Å². The Hall–Kier alpha value is -2.97. The van der Waals surface area contributed by atoms with Crippen LogP contribution in [0.3, 0.4) is 0 Å². The van der Waals surface area contributed by atoms with Crippen molar-refractivity contribution < 1.29 is 18.3 Å². The third kappa shape index (κ3) is 2.92. The number of ether oxygens (including phenoxy) is 2. The van der Waals surface area contributed by atoms with E-state index in [2.05, 4.69) is 20.6 Å². The van der Waals surface area contributed by atoms with Gasteiger partial charge in [-0.1, -0.05) is 6.07 Å². The summed E-state index contributed by atoms with van der Waals surface area (Å²) >= 11 is 0. The number of aromatic nitrogens is 4. The zero-order chi connectivity index (χ0) is 17.4. The van der Waals surface area contributed by atoms with E-state index in [9.17, 15) is 8.78 Å². The average molecular weight is 347 g/mol. The van der Waals surface area contributed by atoms with Gasteiger partial charge in [-0.25, -0.2) is 8.78 Å². The summed E-state index contributed by atoms with van der Waals surface area (Å²) in [6.07, 6.45) is -2.01. The van der Waals surface area contributed by atoms with E-state index >= 15 is 0 Å². The Morgan fingerprint density at radius 1 is 1.28 bits per heavy atom. The molecule has 3 heterocycles. The van der Waals surface area contributed by atoms with Crippen LogP contribution < -0.4 is 14.8 Å². The van der Waals surface area contributed by atoms with Crippen LogP contribution in [-0.4, -0.2) is 39.6 Å². The van der Waals surface area contributed by atoms with Gasteiger partial charge in [-0.05, 0) is 30.2 Å². The van der Waals surface area contributed by atoms with Crippen LogP contribution in [0.25, 0.3) is 5.65 Å². The molecule has 3 aromatic rings. The molecule has 0 bridgehead atoms. The molecule has 0 saturated carbocycles. The molecule has 2 aromatic heterocycles. The Morgan fingerprint density at radius 3 is 2.96 bits per heavy atom. The molecule has 0 aliphatic carbocycles. The summed E-state index contributed by atoms with van der Waals surface area (Å²) in [6.45, 7) is 0.434. The molecule has 0 saturated heterocycles. The highest BCUT2D eigenvalue weighted by Crippen LogP contribution is 2.29. The first kappa shape index (κ1) is 15.6. The van der Waals surface area contributed by atoms with Gasteiger partial charge in [0.25, 0.3) is 6.43 Å². The Morgan fingerprint density at radius 2 is 2.16 bits per heavy atom. The lowest BCUT2D eigenvalue weighted by molar-refractivity contribution is 0.137. The summed E-state index contributed by atoms with van der Waals surface area (Å²) < 4.78 is 37.9. The van der Waals surface area contributed by atoms with Crippen LogP contribution in [0.15, 0.2) is 30.3 Å². The van der Waals surface area contributed by atoms with Crippen LogP contribution in [0.2, 0.25) is 0 Å². The van der Waals surface area contributed by atoms with Gasteiger partial charge in [0.2, 0.25) is 5.82 Å². The minimum Gasteiger partial charge on any atom is -0.497 e. The van der Waals surface area contributed by atoms with Crippen molar-refractivity contribution in [1.29, 1.82) is 0 Å². The molecule has 1 aromatic carbocycles. The molecule has 7 nitrogen and oxygen atoms in total. The van der Waals surface area contributed by atoms with E-state index < -0.39 is 12.2 Å². The maximum absolute atomic E-state index is 12.9. The molecule has 1 N–H and O–H groups in total. The van der Waals surface area contributed by atoms with Crippen molar-refractivity contribution in [2.45, 2.75) is 18.9 Å². The molecular formula is C16H15F2N5O2. The largest absolute Gasteiger partial charge is 0.497 e. The SMILES string of the molecule is COc1ccc2c(c1)OC[C@H](Nc1ccc3nnc(C(F)F)n3n1)C2. The molecule has 0 amide bonds. The Balaban J connectivity index is 1.54. The van der Waals surface area contributed by atoms with Gasteiger partial charge >= 0.3 is 0 Å². The standard InChI is InChI=1S/C16H15F2N5O2/c1-24-11-3-2-9-6-10(8-25-12(9)7-11)19-13-4-5-14-20-21-16(15(17)18)23(14)22-13/h2-5,7,10,15H,6,8H2,1H3,(H,19,22)/t10-/m1/s1. The van der Waals surface area contributed by atoms with E-state index in [1.807, 2.05) is 18.2 Å². The Labute approximate surface area is 141 Å². The van der Waals surface area contributed by atoms with Crippen molar-refractivity contribution in [2.75, 3.05) is 19.0 Å². The molecule has 9 heteroatoms. The highest BCUT2D eigenvalue weighted by molar-refractivity contribution is 5.47. The lowest BCUT2D eigenvalue weighted by atomic mass is 10.0. The summed E-state index contributed by atoms with van der Waals surface area (Å²) in [5.41, 5.74) is 1.32. The minimum absolute atomic E-state index is 0.0303. The van der Waals surface area contributed by atoms with Crippen molar-refractivity contribution in [1.82, 2.24) is 19.8 Å². The molecule has 25 heavy (non-hydrogen) atoms. The van der Waals surface area contributed by atoms with E-state index in [0.717, 1.165) is 28.0 Å². The number of nitrogens with one attached hydrogen (secondary N) is 1. The highest BCUT2D eigenvalue weighted by atomic mass is 19.3. The van der Waals surface area contributed by atoms with Crippen molar-refractivity contribution >= 4 is 11.5 Å². The second-order valence-electron chi connectivity index (χ2n) is 5.68. The van der Waals surface area contributed by atoms with Crippen LogP contribution >= 0.6 is 0 Å². The molecule has 0 unspecified atom stereocenters. The van der Waals surface area contributed by atoms with Gasteiger partial charge in [-0.15, -0.1) is 15.3 Å². The van der Waals surface area contributed by atoms with Crippen molar-refractivity contribution in [3.63, 3.8) is 0 Å². The summed E-state index contributed by atoms with van der Waals surface area (Å²) in [5.74, 6) is 1.51. The number of nitrogens with zero attached hydrogens (tertiary/aromatic N) is 4. The zero-order valence-electron chi connectivity index (χ0n) is 13.3. The quantitative estimate of drug-likeness (QED) is 0.782. The lowest BCUT2D eigenvalue weighted by Crippen LogP contribution is -2.33. The first-order valence-electron chi connectivity index (χ1n) is 7.71. The predicted octanol–water partition coefficient (Wildman–Crippen LogP) is 2.49. The topological polar surface area (TPSA) is 73.6 Å². The number of hydrogen-bond donors (Lipinski definition) is 1. The molecule has 0 radical (unpaired) electrons. The van der Waals surface area contributed by atoms with Crippen LogP contribution in [0.1, 0.15) is 17.8 Å². The fourth-order valence-corrected chi connectivity index (χ4v) is 2.80. The highest BCUT2D eigenvalue weighted by Gasteiger charge is 2.22. The van der Waals surface area contributed by atoms with E-state index in [4.69, 9.17) is 9.47 Å². The van der Waals surface area contributed by atoms with E-state index in [-0.39, 0.29) is 11.7 Å². The van der Waals surface area contributed by atoms with Gasteiger partial charge in [-0.3, -0.25) is 0 Å². The molecule has 1 aliphatic rings. The number of alkyl halides is 2. The first-order valence-corrected chi connectivity index (χ1v) is 7.71. The van der Waals surface area contributed by atoms with Crippen LogP contribution in [0, 0.1) is 0 Å². The second-order valence-corrected chi connectivity index (χ2v) is 5.68. The molecule has 130 valence electrons. The number of rotatable bonds is 4. The third-order valence-corrected chi connectivity index (χ3v) is 4.01. The number of halogens is 2. The zero-order valence-corrected chi connectivity index (χ0v) is 13.3. The molecule has 0 spiro atoms. The van der Waals surface area contributed by atoms with Crippen LogP contribution in [-0.2, 0) is 6.42 Å². The number of methoxy groups -OCH3 is 1. The minimum atomic E-state index is -2.74. The third-order valence-electron chi connectivity index (χ3n) is 4.01. The van der Waals surface area contributed by atoms with Gasteiger partial charge < -0.3 is 14.8 Å². The summed E-state index contributed by atoms with van der Waals surface area (Å²) in [4.78, 5) is 0. The molecule has 1 atom stereocenters. The van der Waals surface area contributed by atoms with Gasteiger partial charge in [0, 0.05) is 6.07 Å². The number of benzene rings is 1. The molecule has 1 aliphatic heterocycles. The van der Waals surface area contributed by atoms with Gasteiger partial charge in [0.1, 0.15) is 23.9 Å². The van der Waals surface area contributed by atoms with Gasteiger partial charge in [0.15, 0.2) is 5.65 Å². The number of hydrogen-bond acceptors (Lipinski definition) is 6. The van der Waals surface area contributed by atoms with Gasteiger partial charge in [-0.2, -0.15) is 4.52 Å². The lowest BCUT2D eigenvalue weighted by Gasteiger charge is -2.26. The predicted molar refractivity (Wildman–Crippen MR) is 85.3 cm³/mol. The van der Waals surface area contributed by atoms with Crippen molar-refractivity contribution in [2.24, 2.45) is 0 Å². The van der Waals surface area contributed by atoms with Crippen LogP contribution in [0.5, 0.6) is 11.5 Å². The maximum atomic E-state index is 12.9. The molecule has 4 rings (SSSR count). The Kier molecular flexibility index (Phi) is 3.83. The van der Waals surface area contributed by atoms with Crippen molar-refractivity contribution in [3.05, 3.63) is 41.7 Å². The summed E-state index contributed by atoms with van der Waals surface area (Å²) in [7, 11) is 1.61. The van der Waals surface area contributed by atoms with Gasteiger partial charge in [0.05, 0.1) is 13.2 Å².